The van der Waals surface area contributed by atoms with Crippen LogP contribution < -0.4 is 4.35 Å². The molecule has 0 radical (unpaired) electrons. The molecule has 5 atom stereocenters. The Kier molecular flexibility index (Phi) is 9.06. The first-order valence-electron chi connectivity index (χ1n) is 15.6. The fourth-order valence-electron chi connectivity index (χ4n) is 8.29. The van der Waals surface area contributed by atoms with Crippen LogP contribution in [0.3, 0.4) is 0 Å². The number of benzene rings is 1. The molecule has 1 saturated carbocycles. The van der Waals surface area contributed by atoms with Crippen molar-refractivity contribution in [2.45, 2.75) is 109 Å². The van der Waals surface area contributed by atoms with Crippen molar-refractivity contribution in [2.24, 2.45) is 22.7 Å². The third-order valence-corrected chi connectivity index (χ3v) is 13.7. The van der Waals surface area contributed by atoms with Gasteiger partial charge in [0.15, 0.2) is 0 Å². The Morgan fingerprint density at radius 1 is 1.05 bits per heavy atom. The van der Waals surface area contributed by atoms with Crippen LogP contribution in [-0.2, 0) is 18.7 Å². The van der Waals surface area contributed by atoms with Gasteiger partial charge in [-0.3, -0.25) is 0 Å². The van der Waals surface area contributed by atoms with E-state index in [1.54, 1.807) is 0 Å². The summed E-state index contributed by atoms with van der Waals surface area (Å²) >= 11 is -0.999. The van der Waals surface area contributed by atoms with Gasteiger partial charge in [-0.2, -0.15) is 0 Å². The van der Waals surface area contributed by atoms with E-state index in [9.17, 15) is 9.90 Å². The number of aliphatic hydroxyl groups excluding tert-OH is 1. The van der Waals surface area contributed by atoms with E-state index in [1.165, 1.54) is 15.5 Å². The molecule has 1 aliphatic heterocycles. The normalized spacial score (nSPS) is 29.8. The molecule has 0 amide bonds. The molecule has 2 fully saturated rings. The van der Waals surface area contributed by atoms with Crippen molar-refractivity contribution in [2.75, 3.05) is 13.2 Å². The molecule has 1 saturated heterocycles. The topological polar surface area (TPSA) is 65.0 Å². The second kappa shape index (κ2) is 11.8. The second-order valence-electron chi connectivity index (χ2n) is 14.4. The third-order valence-electron chi connectivity index (χ3n) is 10.1. The standard InChI is InChI=1S/C34H51AsO5Si/c1-32(2,3)31(40-41(7)8)33(4)27(15-16-28(33)36)26-14-11-23-21-34(38-19-20-39-34)18-17-25(23)29(26)30(37)22-9-12-24(13-10-22)35(5)6/h9-10,12-13,21,26-27,30-31,37,41H,11,14-20H2,1-8H3. The number of carbonyl (C=O) groups is 1. The van der Waals surface area contributed by atoms with Crippen molar-refractivity contribution in [1.29, 1.82) is 0 Å². The van der Waals surface area contributed by atoms with E-state index >= 15 is 0 Å². The number of allylic oxidation sites excluding steroid dienone is 2. The predicted octanol–water partition coefficient (Wildman–Crippen LogP) is 6.25. The molecular weight excluding hydrogens is 591 g/mol. The average Bonchev–Trinajstić information content (AvgIpc) is 3.49. The number of rotatable bonds is 7. The molecule has 0 aromatic heterocycles. The van der Waals surface area contributed by atoms with Crippen LogP contribution in [0, 0.1) is 22.7 Å². The maximum atomic E-state index is 13.9. The Morgan fingerprint density at radius 3 is 2.29 bits per heavy atom. The number of fused-ring (bicyclic) bond motifs is 1. The van der Waals surface area contributed by atoms with Crippen molar-refractivity contribution in [3.8, 4) is 0 Å². The van der Waals surface area contributed by atoms with E-state index in [0.29, 0.717) is 25.4 Å². The molecular formula is C34H51AsO5Si. The van der Waals surface area contributed by atoms with Gasteiger partial charge in [0.2, 0.25) is 0 Å². The Bertz CT molecular complexity index is 1190. The van der Waals surface area contributed by atoms with Crippen LogP contribution in [0.15, 0.2) is 47.1 Å². The van der Waals surface area contributed by atoms with Gasteiger partial charge in [-0.1, -0.05) is 0 Å². The summed E-state index contributed by atoms with van der Waals surface area (Å²) in [6, 6.07) is 8.70. The molecule has 7 heteroatoms. The SMILES string of the molecule is C[SiH](C)OC(C(C)(C)C)C1(C)C(=O)CCC1C1CCC2=CC3(CCC2=C1C(O)c1ccc([As](C)C)cc1)OCCO3. The zero-order chi connectivity index (χ0) is 29.7. The molecule has 1 aromatic carbocycles. The minimum absolute atomic E-state index is 0.120. The third kappa shape index (κ3) is 5.91. The number of hydrogen-bond donors (Lipinski definition) is 1. The van der Waals surface area contributed by atoms with Gasteiger partial charge >= 0.3 is 242 Å². The summed E-state index contributed by atoms with van der Waals surface area (Å²) < 4.78 is 20.4. The molecule has 5 unspecified atom stereocenters. The fourth-order valence-corrected chi connectivity index (χ4v) is 11.1. The summed E-state index contributed by atoms with van der Waals surface area (Å²) in [6.07, 6.45) is 6.23. The van der Waals surface area contributed by atoms with Crippen molar-refractivity contribution in [3.05, 3.63) is 52.6 Å². The van der Waals surface area contributed by atoms with Gasteiger partial charge in [0.1, 0.15) is 0 Å². The molecule has 226 valence electrons. The molecule has 1 spiro atoms. The first-order chi connectivity index (χ1) is 19.3. The molecule has 1 aromatic rings. The van der Waals surface area contributed by atoms with Gasteiger partial charge in [0.05, 0.1) is 0 Å². The van der Waals surface area contributed by atoms with Gasteiger partial charge in [-0.25, -0.2) is 0 Å². The van der Waals surface area contributed by atoms with Crippen molar-refractivity contribution >= 4 is 33.8 Å². The summed E-state index contributed by atoms with van der Waals surface area (Å²) in [5.74, 6) is -0.0338. The van der Waals surface area contributed by atoms with Crippen LogP contribution in [0.5, 0.6) is 0 Å². The van der Waals surface area contributed by atoms with Gasteiger partial charge in [0.25, 0.3) is 0 Å². The van der Waals surface area contributed by atoms with Gasteiger partial charge in [-0.15, -0.1) is 0 Å². The maximum absolute atomic E-state index is 13.9. The Balaban J connectivity index is 1.62. The molecule has 3 aliphatic carbocycles. The number of ketones is 1. The van der Waals surface area contributed by atoms with Crippen molar-refractivity contribution in [1.82, 2.24) is 0 Å². The monoisotopic (exact) mass is 642 g/mol. The van der Waals surface area contributed by atoms with Gasteiger partial charge < -0.3 is 0 Å². The Hall–Kier alpha value is -1.01. The van der Waals surface area contributed by atoms with E-state index in [-0.39, 0.29) is 23.4 Å². The van der Waals surface area contributed by atoms with Crippen LogP contribution in [-0.4, -0.2) is 59.7 Å². The molecule has 0 bridgehead atoms. The summed E-state index contributed by atoms with van der Waals surface area (Å²) in [5.41, 5.74) is 8.55. The van der Waals surface area contributed by atoms with E-state index in [4.69, 9.17) is 13.9 Å². The number of carbonyl (C=O) groups excluding carboxylic acids is 1. The van der Waals surface area contributed by atoms with Gasteiger partial charge in [-0.05, 0) is 13.1 Å². The Morgan fingerprint density at radius 2 is 1.71 bits per heavy atom. The molecule has 1 N–H and O–H groups in total. The molecule has 4 aliphatic rings. The van der Waals surface area contributed by atoms with Gasteiger partial charge in [0, 0.05) is 0 Å². The molecule has 1 heterocycles. The van der Waals surface area contributed by atoms with Crippen molar-refractivity contribution < 1.29 is 23.8 Å². The quantitative estimate of drug-likeness (QED) is 0.357. The van der Waals surface area contributed by atoms with Crippen LogP contribution in [0.1, 0.15) is 77.9 Å². The van der Waals surface area contributed by atoms with E-state index in [2.05, 4.69) is 82.6 Å². The van der Waals surface area contributed by atoms with Crippen LogP contribution >= 0.6 is 0 Å². The summed E-state index contributed by atoms with van der Waals surface area (Å²) in [7, 11) is -1.41. The number of aliphatic hydroxyl groups is 1. The van der Waals surface area contributed by atoms with E-state index < -0.39 is 41.0 Å². The van der Waals surface area contributed by atoms with E-state index in [1.807, 2.05) is 0 Å². The fraction of sp³-hybridized carbons (Fsp3) is 0.676. The number of ether oxygens (including phenoxy) is 2. The van der Waals surface area contributed by atoms with Crippen LogP contribution in [0.2, 0.25) is 24.5 Å². The summed E-state index contributed by atoms with van der Waals surface area (Å²) in [5, 5.41) is 12.2. The number of hydrogen-bond acceptors (Lipinski definition) is 5. The van der Waals surface area contributed by atoms with Crippen LogP contribution in [0.4, 0.5) is 0 Å². The Labute approximate surface area is 254 Å². The second-order valence-corrected chi connectivity index (χ2v) is 21.6. The molecule has 5 rings (SSSR count). The van der Waals surface area contributed by atoms with E-state index in [0.717, 1.165) is 43.2 Å². The first kappa shape index (κ1) is 31.4. The molecule has 5 nitrogen and oxygen atoms in total. The van der Waals surface area contributed by atoms with Crippen molar-refractivity contribution in [3.63, 3.8) is 0 Å². The summed E-state index contributed by atoms with van der Waals surface area (Å²) in [4.78, 5) is 13.9. The zero-order valence-electron chi connectivity index (χ0n) is 26.5. The number of Topliss-reactive ketones (excluding diaryl/α,β-unsaturated/α-hetero) is 1. The predicted molar refractivity (Wildman–Crippen MR) is 169 cm³/mol. The minimum atomic E-state index is -1.41. The average molecular weight is 643 g/mol. The van der Waals surface area contributed by atoms with Crippen LogP contribution in [0.25, 0.3) is 0 Å². The zero-order valence-corrected chi connectivity index (χ0v) is 29.5. The molecule has 41 heavy (non-hydrogen) atoms. The first-order valence-corrected chi connectivity index (χ1v) is 23.1. The summed E-state index contributed by atoms with van der Waals surface area (Å²) in [6.45, 7) is 14.5.